The number of halogens is 1. The maximum absolute atomic E-state index is 12.3. The van der Waals surface area contributed by atoms with Gasteiger partial charge in [0, 0.05) is 20.6 Å². The highest BCUT2D eigenvalue weighted by Crippen LogP contribution is 2.33. The molecule has 1 aliphatic rings. The van der Waals surface area contributed by atoms with E-state index in [-0.39, 0.29) is 17.7 Å². The molecule has 25 heavy (non-hydrogen) atoms. The van der Waals surface area contributed by atoms with Crippen LogP contribution in [0.2, 0.25) is 0 Å². The van der Waals surface area contributed by atoms with Crippen molar-refractivity contribution in [2.24, 2.45) is 0 Å². The molecule has 3 rings (SSSR count). The number of hydrogen-bond donors (Lipinski definition) is 0. The minimum atomic E-state index is -0.327. The Bertz CT molecular complexity index is 936. The van der Waals surface area contributed by atoms with E-state index in [9.17, 15) is 9.59 Å². The van der Waals surface area contributed by atoms with Crippen molar-refractivity contribution in [3.63, 3.8) is 0 Å². The number of terminal acetylenes is 1. The van der Waals surface area contributed by atoms with Crippen LogP contribution in [0.1, 0.15) is 17.0 Å². The molecule has 0 saturated carbocycles. The van der Waals surface area contributed by atoms with Crippen LogP contribution in [0, 0.1) is 29.8 Å². The number of amides is 2. The first-order chi connectivity index (χ1) is 11.9. The van der Waals surface area contributed by atoms with E-state index in [0.717, 1.165) is 39.3 Å². The molecule has 1 fully saturated rings. The summed E-state index contributed by atoms with van der Waals surface area (Å²) in [4.78, 5) is 25.7. The molecule has 6 heteroatoms. The normalized spacial score (nSPS) is 15.9. The number of imide groups is 1. The van der Waals surface area contributed by atoms with Crippen molar-refractivity contribution < 1.29 is 9.59 Å². The van der Waals surface area contributed by atoms with Crippen molar-refractivity contribution in [1.29, 1.82) is 0 Å². The Morgan fingerprint density at radius 1 is 1.24 bits per heavy atom. The van der Waals surface area contributed by atoms with Crippen LogP contribution < -0.4 is 0 Å². The topological polar surface area (TPSA) is 42.3 Å². The predicted molar refractivity (Wildman–Crippen MR) is 109 cm³/mol. The lowest BCUT2D eigenvalue weighted by molar-refractivity contribution is -0.122. The standard InChI is InChI=1S/C19H15IN2O2S/c1-4-9-21-18(23)17(25-19(21)24)11-14-10-12(2)22(13(14)3)16-7-5-15(20)6-8-16/h1,5-8,10-11H,9H2,2-3H3/b17-11-. The largest absolute Gasteiger partial charge is 0.318 e. The van der Waals surface area contributed by atoms with Crippen molar-refractivity contribution in [2.75, 3.05) is 6.54 Å². The monoisotopic (exact) mass is 462 g/mol. The third-order valence-corrected chi connectivity index (χ3v) is 5.59. The number of aryl methyl sites for hydroxylation is 1. The lowest BCUT2D eigenvalue weighted by Crippen LogP contribution is -2.28. The van der Waals surface area contributed by atoms with Crippen molar-refractivity contribution in [2.45, 2.75) is 13.8 Å². The second kappa shape index (κ2) is 7.10. The Labute approximate surface area is 164 Å². The van der Waals surface area contributed by atoms with Gasteiger partial charge in [0.15, 0.2) is 0 Å². The second-order valence-electron chi connectivity index (χ2n) is 5.61. The van der Waals surface area contributed by atoms with E-state index >= 15 is 0 Å². The van der Waals surface area contributed by atoms with E-state index in [1.54, 1.807) is 6.08 Å². The van der Waals surface area contributed by atoms with Gasteiger partial charge in [-0.3, -0.25) is 14.5 Å². The van der Waals surface area contributed by atoms with Crippen LogP contribution in [-0.2, 0) is 4.79 Å². The zero-order valence-electron chi connectivity index (χ0n) is 13.7. The summed E-state index contributed by atoms with van der Waals surface area (Å²) in [5.74, 6) is 2.02. The number of carbonyl (C=O) groups excluding carboxylic acids is 2. The number of benzene rings is 1. The first-order valence-corrected chi connectivity index (χ1v) is 9.45. The van der Waals surface area contributed by atoms with Gasteiger partial charge < -0.3 is 4.57 Å². The third-order valence-electron chi connectivity index (χ3n) is 3.96. The molecule has 0 N–H and O–H groups in total. The Morgan fingerprint density at radius 2 is 1.92 bits per heavy atom. The Hall–Kier alpha value is -1.98. The third kappa shape index (κ3) is 3.39. The summed E-state index contributed by atoms with van der Waals surface area (Å²) in [6.45, 7) is 4.03. The van der Waals surface area contributed by atoms with E-state index in [0.29, 0.717) is 4.91 Å². The second-order valence-corrected chi connectivity index (χ2v) is 7.85. The SMILES string of the molecule is C#CCN1C(=O)S/C(=C\c2cc(C)n(-c3ccc(I)cc3)c2C)C1=O. The summed E-state index contributed by atoms with van der Waals surface area (Å²) in [6, 6.07) is 10.3. The number of rotatable bonds is 3. The van der Waals surface area contributed by atoms with Crippen molar-refractivity contribution in [1.82, 2.24) is 9.47 Å². The number of carbonyl (C=O) groups is 2. The number of aromatic nitrogens is 1. The van der Waals surface area contributed by atoms with Crippen LogP contribution >= 0.6 is 34.4 Å². The summed E-state index contributed by atoms with van der Waals surface area (Å²) in [5, 5.41) is -0.319. The molecule has 0 atom stereocenters. The fourth-order valence-electron chi connectivity index (χ4n) is 2.79. The van der Waals surface area contributed by atoms with Crippen LogP contribution in [0.5, 0.6) is 0 Å². The quantitative estimate of drug-likeness (QED) is 0.387. The molecule has 0 radical (unpaired) electrons. The van der Waals surface area contributed by atoms with Gasteiger partial charge in [-0.2, -0.15) is 0 Å². The van der Waals surface area contributed by atoms with Gasteiger partial charge in [-0.1, -0.05) is 5.92 Å². The van der Waals surface area contributed by atoms with Gasteiger partial charge >= 0.3 is 0 Å². The zero-order valence-corrected chi connectivity index (χ0v) is 16.7. The van der Waals surface area contributed by atoms with Crippen LogP contribution in [0.15, 0.2) is 35.2 Å². The molecule has 2 aromatic rings. The summed E-state index contributed by atoms with van der Waals surface area (Å²) < 4.78 is 3.30. The van der Waals surface area contributed by atoms with Gasteiger partial charge in [-0.05, 0) is 90.2 Å². The minimum absolute atomic E-state index is 0.00365. The van der Waals surface area contributed by atoms with Gasteiger partial charge in [-0.15, -0.1) is 6.42 Å². The zero-order chi connectivity index (χ0) is 18.1. The van der Waals surface area contributed by atoms with Gasteiger partial charge in [0.05, 0.1) is 11.4 Å². The molecule has 1 aromatic heterocycles. The average molecular weight is 462 g/mol. The van der Waals surface area contributed by atoms with Crippen molar-refractivity contribution in [3.8, 4) is 18.0 Å². The smallest absolute Gasteiger partial charge is 0.294 e. The molecule has 1 aromatic carbocycles. The number of thioether (sulfide) groups is 1. The Kier molecular flexibility index (Phi) is 5.06. The molecule has 2 heterocycles. The lowest BCUT2D eigenvalue weighted by Gasteiger charge is -2.09. The Balaban J connectivity index is 1.99. The molecule has 0 unspecified atom stereocenters. The maximum Gasteiger partial charge on any atom is 0.294 e. The van der Waals surface area contributed by atoms with Crippen LogP contribution in [0.3, 0.4) is 0 Å². The summed E-state index contributed by atoms with van der Waals surface area (Å²) in [5.41, 5.74) is 4.06. The highest BCUT2D eigenvalue weighted by Gasteiger charge is 2.34. The highest BCUT2D eigenvalue weighted by atomic mass is 127. The molecule has 0 spiro atoms. The number of nitrogens with zero attached hydrogens (tertiary/aromatic N) is 2. The molecular weight excluding hydrogens is 447 g/mol. The fraction of sp³-hybridized carbons (Fsp3) is 0.158. The van der Waals surface area contributed by atoms with E-state index in [1.165, 1.54) is 3.57 Å². The molecule has 4 nitrogen and oxygen atoms in total. The van der Waals surface area contributed by atoms with E-state index in [4.69, 9.17) is 6.42 Å². The fourth-order valence-corrected chi connectivity index (χ4v) is 3.98. The first-order valence-electron chi connectivity index (χ1n) is 7.56. The van der Waals surface area contributed by atoms with E-state index in [1.807, 2.05) is 19.9 Å². The van der Waals surface area contributed by atoms with Gasteiger partial charge in [0.1, 0.15) is 0 Å². The Morgan fingerprint density at radius 3 is 2.56 bits per heavy atom. The molecular formula is C19H15IN2O2S. The first kappa shape index (κ1) is 17.8. The highest BCUT2D eigenvalue weighted by molar-refractivity contribution is 14.1. The summed E-state index contributed by atoms with van der Waals surface area (Å²) in [7, 11) is 0. The van der Waals surface area contributed by atoms with Crippen LogP contribution in [-0.4, -0.2) is 27.2 Å². The average Bonchev–Trinajstić information content (AvgIpc) is 3.00. The molecule has 1 saturated heterocycles. The number of hydrogen-bond acceptors (Lipinski definition) is 3. The van der Waals surface area contributed by atoms with Crippen LogP contribution in [0.25, 0.3) is 11.8 Å². The minimum Gasteiger partial charge on any atom is -0.318 e. The van der Waals surface area contributed by atoms with Crippen molar-refractivity contribution in [3.05, 3.63) is 55.8 Å². The van der Waals surface area contributed by atoms with Gasteiger partial charge in [-0.25, -0.2) is 0 Å². The summed E-state index contributed by atoms with van der Waals surface area (Å²) in [6.07, 6.45) is 7.00. The predicted octanol–water partition coefficient (Wildman–Crippen LogP) is 4.37. The molecule has 2 amide bonds. The molecule has 126 valence electrons. The van der Waals surface area contributed by atoms with Gasteiger partial charge in [0.25, 0.3) is 11.1 Å². The molecule has 0 aliphatic carbocycles. The van der Waals surface area contributed by atoms with E-state index in [2.05, 4.69) is 57.3 Å². The van der Waals surface area contributed by atoms with Gasteiger partial charge in [0.2, 0.25) is 0 Å². The van der Waals surface area contributed by atoms with Crippen molar-refractivity contribution >= 4 is 51.6 Å². The molecule has 0 bridgehead atoms. The maximum atomic E-state index is 12.3. The molecule has 1 aliphatic heterocycles. The summed E-state index contributed by atoms with van der Waals surface area (Å²) >= 11 is 3.21. The van der Waals surface area contributed by atoms with Crippen LogP contribution in [0.4, 0.5) is 4.79 Å². The van der Waals surface area contributed by atoms with E-state index < -0.39 is 0 Å². The lowest BCUT2D eigenvalue weighted by atomic mass is 10.2.